The molecule has 0 saturated carbocycles. The van der Waals surface area contributed by atoms with E-state index < -0.39 is 11.9 Å². The molecule has 1 aromatic heterocycles. The first-order valence-electron chi connectivity index (χ1n) is 9.74. The van der Waals surface area contributed by atoms with Gasteiger partial charge in [0.05, 0.1) is 23.2 Å². The Hall–Kier alpha value is -4.26. The van der Waals surface area contributed by atoms with Gasteiger partial charge in [-0.15, -0.1) is 0 Å². The van der Waals surface area contributed by atoms with Gasteiger partial charge < -0.3 is 10.1 Å². The molecule has 4 rings (SSSR count). The number of carbonyl (C=O) groups is 2. The Morgan fingerprint density at radius 2 is 1.65 bits per heavy atom. The largest absolute Gasteiger partial charge is 0.462 e. The number of nitrogens with zero attached hydrogens (tertiary/aromatic N) is 2. The maximum atomic E-state index is 13.1. The fraction of sp³-hybridized carbons (Fsp3) is 0.0833. The number of hydrogen-bond donors (Lipinski definition) is 1. The average Bonchev–Trinajstić information content (AvgIpc) is 2.80. The van der Waals surface area contributed by atoms with Crippen molar-refractivity contribution >= 4 is 28.3 Å². The summed E-state index contributed by atoms with van der Waals surface area (Å²) in [7, 11) is 0. The molecule has 0 aliphatic rings. The molecule has 31 heavy (non-hydrogen) atoms. The number of aromatic nitrogens is 2. The Morgan fingerprint density at radius 1 is 0.935 bits per heavy atom. The summed E-state index contributed by atoms with van der Waals surface area (Å²) in [5, 5.41) is 7.94. The molecule has 0 saturated heterocycles. The standard InChI is InChI=1S/C24H19N3O4/c1-2-31-24(30)16-9-8-10-17(15-16)25-22(28)21-19-13-6-7-14-20(19)23(29)27(26-21)18-11-4-3-5-12-18/h3-15H,2H2,1H3,(H,25,28). The molecule has 0 fully saturated rings. The fourth-order valence-electron chi connectivity index (χ4n) is 3.23. The lowest BCUT2D eigenvalue weighted by atomic mass is 10.1. The third kappa shape index (κ3) is 4.06. The first-order valence-corrected chi connectivity index (χ1v) is 9.74. The van der Waals surface area contributed by atoms with Crippen LogP contribution in [0.1, 0.15) is 27.8 Å². The van der Waals surface area contributed by atoms with Crippen molar-refractivity contribution in [3.63, 3.8) is 0 Å². The van der Waals surface area contributed by atoms with E-state index in [1.165, 1.54) is 10.7 Å². The predicted molar refractivity (Wildman–Crippen MR) is 118 cm³/mol. The zero-order valence-corrected chi connectivity index (χ0v) is 16.7. The summed E-state index contributed by atoms with van der Waals surface area (Å²) in [5.41, 5.74) is 1.07. The van der Waals surface area contributed by atoms with Crippen LogP contribution in [-0.2, 0) is 4.74 Å². The predicted octanol–water partition coefficient (Wildman–Crippen LogP) is 3.81. The molecule has 0 bridgehead atoms. The molecule has 0 radical (unpaired) electrons. The van der Waals surface area contributed by atoms with Crippen LogP contribution >= 0.6 is 0 Å². The van der Waals surface area contributed by atoms with Gasteiger partial charge in [-0.1, -0.05) is 42.5 Å². The van der Waals surface area contributed by atoms with E-state index in [2.05, 4.69) is 10.4 Å². The first kappa shape index (κ1) is 20.0. The van der Waals surface area contributed by atoms with E-state index in [0.29, 0.717) is 27.7 Å². The summed E-state index contributed by atoms with van der Waals surface area (Å²) < 4.78 is 6.22. The van der Waals surface area contributed by atoms with Crippen LogP contribution in [0.15, 0.2) is 83.7 Å². The number of para-hydroxylation sites is 1. The van der Waals surface area contributed by atoms with Crippen LogP contribution in [-0.4, -0.2) is 28.3 Å². The molecule has 0 atom stereocenters. The van der Waals surface area contributed by atoms with Crippen molar-refractivity contribution in [2.75, 3.05) is 11.9 Å². The molecule has 1 N–H and O–H groups in total. The van der Waals surface area contributed by atoms with Crippen LogP contribution in [0.4, 0.5) is 5.69 Å². The monoisotopic (exact) mass is 413 g/mol. The number of esters is 1. The van der Waals surface area contributed by atoms with E-state index in [4.69, 9.17) is 4.74 Å². The lowest BCUT2D eigenvalue weighted by Crippen LogP contribution is -2.26. The number of ether oxygens (including phenoxy) is 1. The number of amides is 1. The molecule has 1 heterocycles. The summed E-state index contributed by atoms with van der Waals surface area (Å²) in [4.78, 5) is 38.1. The number of anilines is 1. The number of fused-ring (bicyclic) bond motifs is 1. The molecular formula is C24H19N3O4. The van der Waals surface area contributed by atoms with Crippen molar-refractivity contribution in [3.8, 4) is 5.69 Å². The van der Waals surface area contributed by atoms with Crippen molar-refractivity contribution in [3.05, 3.63) is 100 Å². The highest BCUT2D eigenvalue weighted by molar-refractivity contribution is 6.11. The average molecular weight is 413 g/mol. The van der Waals surface area contributed by atoms with Crippen molar-refractivity contribution in [1.82, 2.24) is 9.78 Å². The van der Waals surface area contributed by atoms with Gasteiger partial charge in [0, 0.05) is 11.1 Å². The molecule has 154 valence electrons. The van der Waals surface area contributed by atoms with Crippen LogP contribution < -0.4 is 10.9 Å². The zero-order chi connectivity index (χ0) is 21.8. The van der Waals surface area contributed by atoms with Gasteiger partial charge in [-0.2, -0.15) is 9.78 Å². The maximum absolute atomic E-state index is 13.1. The van der Waals surface area contributed by atoms with Crippen molar-refractivity contribution < 1.29 is 14.3 Å². The van der Waals surface area contributed by atoms with Gasteiger partial charge in [0.1, 0.15) is 0 Å². The Kier molecular flexibility index (Phi) is 5.57. The van der Waals surface area contributed by atoms with Gasteiger partial charge in [0.15, 0.2) is 5.69 Å². The normalized spacial score (nSPS) is 10.6. The minimum absolute atomic E-state index is 0.0978. The Morgan fingerprint density at radius 3 is 2.39 bits per heavy atom. The fourth-order valence-corrected chi connectivity index (χ4v) is 3.23. The van der Waals surface area contributed by atoms with E-state index in [-0.39, 0.29) is 17.9 Å². The number of nitrogens with one attached hydrogen (secondary N) is 1. The number of benzene rings is 3. The Labute approximate surface area is 177 Å². The van der Waals surface area contributed by atoms with Crippen LogP contribution in [0.5, 0.6) is 0 Å². The summed E-state index contributed by atoms with van der Waals surface area (Å²) in [6.07, 6.45) is 0. The Bertz CT molecular complexity index is 1330. The second-order valence-electron chi connectivity index (χ2n) is 6.70. The summed E-state index contributed by atoms with van der Waals surface area (Å²) in [6, 6.07) is 22.2. The quantitative estimate of drug-likeness (QED) is 0.503. The molecule has 1 amide bonds. The van der Waals surface area contributed by atoms with Crippen molar-refractivity contribution in [2.45, 2.75) is 6.92 Å². The number of hydrogen-bond acceptors (Lipinski definition) is 5. The number of rotatable bonds is 5. The van der Waals surface area contributed by atoms with Crippen molar-refractivity contribution in [2.24, 2.45) is 0 Å². The van der Waals surface area contributed by atoms with E-state index >= 15 is 0 Å². The SMILES string of the molecule is CCOC(=O)c1cccc(NC(=O)c2nn(-c3ccccc3)c(=O)c3ccccc23)c1. The first-order chi connectivity index (χ1) is 15.1. The van der Waals surface area contributed by atoms with Crippen LogP contribution in [0, 0.1) is 0 Å². The molecular weight excluding hydrogens is 394 g/mol. The molecule has 4 aromatic rings. The molecule has 0 aliphatic carbocycles. The van der Waals surface area contributed by atoms with Gasteiger partial charge in [-0.05, 0) is 43.3 Å². The number of carbonyl (C=O) groups excluding carboxylic acids is 2. The summed E-state index contributed by atoms with van der Waals surface area (Å²) in [5.74, 6) is -0.971. The van der Waals surface area contributed by atoms with Crippen LogP contribution in [0.2, 0.25) is 0 Å². The second-order valence-corrected chi connectivity index (χ2v) is 6.70. The lowest BCUT2D eigenvalue weighted by Gasteiger charge is -2.12. The molecule has 0 aliphatic heterocycles. The summed E-state index contributed by atoms with van der Waals surface area (Å²) in [6.45, 7) is 1.98. The topological polar surface area (TPSA) is 90.3 Å². The molecule has 7 nitrogen and oxygen atoms in total. The van der Waals surface area contributed by atoms with Gasteiger partial charge >= 0.3 is 5.97 Å². The molecule has 0 unspecified atom stereocenters. The molecule has 3 aromatic carbocycles. The van der Waals surface area contributed by atoms with E-state index in [1.54, 1.807) is 73.7 Å². The third-order valence-electron chi connectivity index (χ3n) is 4.65. The van der Waals surface area contributed by atoms with Gasteiger partial charge in [0.2, 0.25) is 0 Å². The summed E-state index contributed by atoms with van der Waals surface area (Å²) >= 11 is 0. The van der Waals surface area contributed by atoms with E-state index in [0.717, 1.165) is 0 Å². The van der Waals surface area contributed by atoms with E-state index in [1.807, 2.05) is 6.07 Å². The highest BCUT2D eigenvalue weighted by Gasteiger charge is 2.18. The second kappa shape index (κ2) is 8.62. The van der Waals surface area contributed by atoms with Crippen molar-refractivity contribution in [1.29, 1.82) is 0 Å². The van der Waals surface area contributed by atoms with Crippen LogP contribution in [0.25, 0.3) is 16.5 Å². The van der Waals surface area contributed by atoms with Gasteiger partial charge in [-0.25, -0.2) is 4.79 Å². The third-order valence-corrected chi connectivity index (χ3v) is 4.65. The highest BCUT2D eigenvalue weighted by atomic mass is 16.5. The van der Waals surface area contributed by atoms with E-state index in [9.17, 15) is 14.4 Å². The minimum atomic E-state index is -0.498. The zero-order valence-electron chi connectivity index (χ0n) is 16.7. The molecule has 7 heteroatoms. The Balaban J connectivity index is 1.77. The smallest absolute Gasteiger partial charge is 0.338 e. The van der Waals surface area contributed by atoms with Crippen LogP contribution in [0.3, 0.4) is 0 Å². The molecule has 0 spiro atoms. The minimum Gasteiger partial charge on any atom is -0.462 e. The van der Waals surface area contributed by atoms with Gasteiger partial charge in [-0.3, -0.25) is 9.59 Å². The highest BCUT2D eigenvalue weighted by Crippen LogP contribution is 2.18. The lowest BCUT2D eigenvalue weighted by molar-refractivity contribution is 0.0526. The van der Waals surface area contributed by atoms with Gasteiger partial charge in [0.25, 0.3) is 11.5 Å². The maximum Gasteiger partial charge on any atom is 0.338 e.